The van der Waals surface area contributed by atoms with Crippen molar-refractivity contribution in [2.45, 2.75) is 12.8 Å². The number of hydrogen-bond acceptors (Lipinski definition) is 2. The van der Waals surface area contributed by atoms with Gasteiger partial charge in [-0.1, -0.05) is 22.9 Å². The fraction of sp³-hybridized carbons (Fsp3) is 0.200. The first-order valence-corrected chi connectivity index (χ1v) is 5.35. The summed E-state index contributed by atoms with van der Waals surface area (Å²) in [4.78, 5) is 0. The standard InChI is InChI=1S/C10H9Cl2N3/c1-7-2-3-9(12)10(4-7)15-8(5-11)6-13-14-15/h2-4,6H,5H2,1H3. The summed E-state index contributed by atoms with van der Waals surface area (Å²) >= 11 is 11.9. The molecule has 78 valence electrons. The number of aromatic nitrogens is 3. The van der Waals surface area contributed by atoms with E-state index in [-0.39, 0.29) is 0 Å². The van der Waals surface area contributed by atoms with Crippen molar-refractivity contribution in [1.82, 2.24) is 15.0 Å². The zero-order valence-electron chi connectivity index (χ0n) is 8.11. The van der Waals surface area contributed by atoms with Gasteiger partial charge in [-0.25, -0.2) is 4.68 Å². The molecule has 0 amide bonds. The second kappa shape index (κ2) is 4.21. The summed E-state index contributed by atoms with van der Waals surface area (Å²) in [6.07, 6.45) is 1.63. The zero-order chi connectivity index (χ0) is 10.8. The molecule has 0 unspecified atom stereocenters. The first kappa shape index (κ1) is 10.5. The Morgan fingerprint density at radius 1 is 1.40 bits per heavy atom. The number of hydrogen-bond donors (Lipinski definition) is 0. The average molecular weight is 242 g/mol. The van der Waals surface area contributed by atoms with Gasteiger partial charge in [-0.2, -0.15) is 0 Å². The summed E-state index contributed by atoms with van der Waals surface area (Å²) in [7, 11) is 0. The fourth-order valence-corrected chi connectivity index (χ4v) is 1.72. The maximum atomic E-state index is 6.08. The predicted molar refractivity (Wildman–Crippen MR) is 60.7 cm³/mol. The van der Waals surface area contributed by atoms with Crippen molar-refractivity contribution in [2.75, 3.05) is 0 Å². The molecule has 0 aliphatic carbocycles. The van der Waals surface area contributed by atoms with Gasteiger partial charge < -0.3 is 0 Å². The quantitative estimate of drug-likeness (QED) is 0.758. The zero-order valence-corrected chi connectivity index (χ0v) is 9.63. The van der Waals surface area contributed by atoms with Crippen molar-refractivity contribution >= 4 is 23.2 Å². The Kier molecular flexibility index (Phi) is 2.93. The molecule has 5 heteroatoms. The Morgan fingerprint density at radius 3 is 2.93 bits per heavy atom. The molecule has 0 radical (unpaired) electrons. The van der Waals surface area contributed by atoms with Crippen molar-refractivity contribution in [3.63, 3.8) is 0 Å². The highest BCUT2D eigenvalue weighted by Gasteiger charge is 2.08. The number of aryl methyl sites for hydroxylation is 1. The van der Waals surface area contributed by atoms with E-state index in [0.717, 1.165) is 16.9 Å². The van der Waals surface area contributed by atoms with Crippen LogP contribution in [0.25, 0.3) is 5.69 Å². The van der Waals surface area contributed by atoms with Gasteiger partial charge in [0.2, 0.25) is 0 Å². The molecule has 0 spiro atoms. The van der Waals surface area contributed by atoms with E-state index in [2.05, 4.69) is 10.3 Å². The van der Waals surface area contributed by atoms with E-state index in [1.165, 1.54) is 0 Å². The topological polar surface area (TPSA) is 30.7 Å². The number of rotatable bonds is 2. The van der Waals surface area contributed by atoms with Gasteiger partial charge in [0.05, 0.1) is 28.5 Å². The number of halogens is 2. The monoisotopic (exact) mass is 241 g/mol. The molecule has 1 aromatic heterocycles. The van der Waals surface area contributed by atoms with Crippen LogP contribution in [0.2, 0.25) is 5.02 Å². The minimum atomic E-state index is 0.358. The van der Waals surface area contributed by atoms with Crippen LogP contribution in [-0.4, -0.2) is 15.0 Å². The number of benzene rings is 1. The van der Waals surface area contributed by atoms with Gasteiger partial charge in [0.15, 0.2) is 0 Å². The first-order chi connectivity index (χ1) is 7.22. The lowest BCUT2D eigenvalue weighted by atomic mass is 10.2. The largest absolute Gasteiger partial charge is 0.215 e. The smallest absolute Gasteiger partial charge is 0.0856 e. The summed E-state index contributed by atoms with van der Waals surface area (Å²) in [6.45, 7) is 2.00. The molecule has 1 aromatic carbocycles. The van der Waals surface area contributed by atoms with E-state index >= 15 is 0 Å². The van der Waals surface area contributed by atoms with Crippen LogP contribution in [0.3, 0.4) is 0 Å². The Morgan fingerprint density at radius 2 is 2.20 bits per heavy atom. The Bertz CT molecular complexity index is 479. The van der Waals surface area contributed by atoms with E-state index in [1.807, 2.05) is 25.1 Å². The van der Waals surface area contributed by atoms with Crippen LogP contribution in [0.1, 0.15) is 11.3 Å². The van der Waals surface area contributed by atoms with Crippen LogP contribution in [0.4, 0.5) is 0 Å². The molecule has 15 heavy (non-hydrogen) atoms. The summed E-state index contributed by atoms with van der Waals surface area (Å²) < 4.78 is 1.66. The van der Waals surface area contributed by atoms with E-state index in [1.54, 1.807) is 10.9 Å². The first-order valence-electron chi connectivity index (χ1n) is 4.44. The number of nitrogens with zero attached hydrogens (tertiary/aromatic N) is 3. The highest BCUT2D eigenvalue weighted by atomic mass is 35.5. The molecule has 0 aliphatic rings. The van der Waals surface area contributed by atoms with Gasteiger partial charge >= 0.3 is 0 Å². The normalized spacial score (nSPS) is 10.6. The third kappa shape index (κ3) is 1.98. The molecule has 1 heterocycles. The molecular formula is C10H9Cl2N3. The molecule has 0 fully saturated rings. The molecule has 0 N–H and O–H groups in total. The van der Waals surface area contributed by atoms with E-state index in [9.17, 15) is 0 Å². The SMILES string of the molecule is Cc1ccc(Cl)c(-n2nncc2CCl)c1. The van der Waals surface area contributed by atoms with Gasteiger partial charge in [-0.05, 0) is 24.6 Å². The third-order valence-electron chi connectivity index (χ3n) is 2.09. The van der Waals surface area contributed by atoms with Crippen LogP contribution in [0.5, 0.6) is 0 Å². The van der Waals surface area contributed by atoms with Gasteiger partial charge in [-0.3, -0.25) is 0 Å². The van der Waals surface area contributed by atoms with Crippen molar-refractivity contribution in [1.29, 1.82) is 0 Å². The van der Waals surface area contributed by atoms with E-state index < -0.39 is 0 Å². The molecule has 0 aliphatic heterocycles. The van der Waals surface area contributed by atoms with Crippen molar-refractivity contribution in [3.05, 3.63) is 40.7 Å². The van der Waals surface area contributed by atoms with Crippen molar-refractivity contribution < 1.29 is 0 Å². The third-order valence-corrected chi connectivity index (χ3v) is 2.68. The summed E-state index contributed by atoms with van der Waals surface area (Å²) in [5, 5.41) is 8.40. The predicted octanol–water partition coefficient (Wildman–Crippen LogP) is 2.97. The highest BCUT2D eigenvalue weighted by molar-refractivity contribution is 6.32. The van der Waals surface area contributed by atoms with Gasteiger partial charge in [-0.15, -0.1) is 16.7 Å². The molecule has 0 bridgehead atoms. The fourth-order valence-electron chi connectivity index (χ4n) is 1.34. The second-order valence-electron chi connectivity index (χ2n) is 3.23. The van der Waals surface area contributed by atoms with E-state index in [4.69, 9.17) is 23.2 Å². The van der Waals surface area contributed by atoms with Gasteiger partial charge in [0.25, 0.3) is 0 Å². The summed E-state index contributed by atoms with van der Waals surface area (Å²) in [6, 6.07) is 5.74. The highest BCUT2D eigenvalue weighted by Crippen LogP contribution is 2.22. The van der Waals surface area contributed by atoms with Crippen molar-refractivity contribution in [2.24, 2.45) is 0 Å². The maximum Gasteiger partial charge on any atom is 0.0856 e. The molecule has 2 rings (SSSR count). The van der Waals surface area contributed by atoms with E-state index in [0.29, 0.717) is 10.9 Å². The second-order valence-corrected chi connectivity index (χ2v) is 3.90. The van der Waals surface area contributed by atoms with Gasteiger partial charge in [0, 0.05) is 0 Å². The van der Waals surface area contributed by atoms with Gasteiger partial charge in [0.1, 0.15) is 0 Å². The lowest BCUT2D eigenvalue weighted by molar-refractivity contribution is 0.781. The van der Waals surface area contributed by atoms with Crippen LogP contribution in [0.15, 0.2) is 24.4 Å². The molecular weight excluding hydrogens is 233 g/mol. The molecule has 0 saturated carbocycles. The lowest BCUT2D eigenvalue weighted by Crippen LogP contribution is -2.01. The van der Waals surface area contributed by atoms with Crippen LogP contribution in [-0.2, 0) is 5.88 Å². The molecule has 0 saturated heterocycles. The Balaban J connectivity index is 2.58. The minimum Gasteiger partial charge on any atom is -0.215 e. The molecule has 2 aromatic rings. The lowest BCUT2D eigenvalue weighted by Gasteiger charge is -2.07. The average Bonchev–Trinajstić information content (AvgIpc) is 2.69. The van der Waals surface area contributed by atoms with Crippen LogP contribution >= 0.6 is 23.2 Å². The minimum absolute atomic E-state index is 0.358. The molecule has 3 nitrogen and oxygen atoms in total. The van der Waals surface area contributed by atoms with Crippen LogP contribution < -0.4 is 0 Å². The number of alkyl halides is 1. The van der Waals surface area contributed by atoms with Crippen LogP contribution in [0, 0.1) is 6.92 Å². The Labute approximate surface area is 97.6 Å². The van der Waals surface area contributed by atoms with Crippen molar-refractivity contribution in [3.8, 4) is 5.69 Å². The summed E-state index contributed by atoms with van der Waals surface area (Å²) in [5.41, 5.74) is 2.75. The molecule has 0 atom stereocenters. The maximum absolute atomic E-state index is 6.08. The summed E-state index contributed by atoms with van der Waals surface area (Å²) in [5.74, 6) is 0.358. The Hall–Kier alpha value is -1.06.